The van der Waals surface area contributed by atoms with Crippen LogP contribution in [0.3, 0.4) is 0 Å². The zero-order chi connectivity index (χ0) is 10.2. The molecule has 1 aromatic rings. The van der Waals surface area contributed by atoms with E-state index >= 15 is 0 Å². The van der Waals surface area contributed by atoms with E-state index in [9.17, 15) is 4.79 Å². The van der Waals surface area contributed by atoms with E-state index in [4.69, 9.17) is 0 Å². The highest BCUT2D eigenvalue weighted by Crippen LogP contribution is 2.15. The number of hydrogen-bond donors (Lipinski definition) is 1. The van der Waals surface area contributed by atoms with Crippen molar-refractivity contribution in [3.8, 4) is 0 Å². The molecule has 0 radical (unpaired) electrons. The van der Waals surface area contributed by atoms with Crippen LogP contribution >= 0.6 is 11.8 Å². The van der Waals surface area contributed by atoms with Gasteiger partial charge in [-0.05, 0) is 18.6 Å². The summed E-state index contributed by atoms with van der Waals surface area (Å²) in [5.74, 6) is 0.616. The van der Waals surface area contributed by atoms with Gasteiger partial charge in [0.25, 0.3) is 0 Å². The molecule has 0 heterocycles. The Balaban J connectivity index is 2.24. The fraction of sp³-hybridized carbons (Fsp3) is 0.364. The van der Waals surface area contributed by atoms with Crippen molar-refractivity contribution >= 4 is 17.7 Å². The van der Waals surface area contributed by atoms with E-state index in [0.29, 0.717) is 5.75 Å². The highest BCUT2D eigenvalue weighted by Gasteiger charge is 2.00. The Morgan fingerprint density at radius 2 is 2.07 bits per heavy atom. The van der Waals surface area contributed by atoms with Crippen molar-refractivity contribution in [2.75, 3.05) is 12.3 Å². The van der Waals surface area contributed by atoms with Crippen LogP contribution in [0, 0.1) is 0 Å². The lowest BCUT2D eigenvalue weighted by Crippen LogP contribution is -2.25. The van der Waals surface area contributed by atoms with Crippen molar-refractivity contribution in [2.45, 2.75) is 18.2 Å². The van der Waals surface area contributed by atoms with Gasteiger partial charge in [0, 0.05) is 11.4 Å². The molecule has 0 saturated heterocycles. The lowest BCUT2D eigenvalue weighted by Gasteiger charge is -2.02. The summed E-state index contributed by atoms with van der Waals surface area (Å²) in [6.07, 6.45) is 0.988. The maximum atomic E-state index is 11.2. The molecule has 0 aliphatic heterocycles. The smallest absolute Gasteiger partial charge is 0.230 e. The number of nitrogens with one attached hydrogen (secondary N) is 1. The first kappa shape index (κ1) is 11.1. The van der Waals surface area contributed by atoms with Gasteiger partial charge in [0.2, 0.25) is 5.91 Å². The third-order valence-electron chi connectivity index (χ3n) is 1.69. The van der Waals surface area contributed by atoms with Gasteiger partial charge < -0.3 is 5.32 Å². The first-order chi connectivity index (χ1) is 6.83. The number of carbonyl (C=O) groups excluding carboxylic acids is 1. The van der Waals surface area contributed by atoms with Crippen molar-refractivity contribution in [3.05, 3.63) is 30.3 Å². The molecular formula is C11H15NOS. The van der Waals surface area contributed by atoms with Crippen LogP contribution in [0.15, 0.2) is 35.2 Å². The van der Waals surface area contributed by atoms with Crippen LogP contribution in [0.25, 0.3) is 0 Å². The molecule has 2 nitrogen and oxygen atoms in total. The fourth-order valence-corrected chi connectivity index (χ4v) is 1.73. The van der Waals surface area contributed by atoms with Gasteiger partial charge in [0.15, 0.2) is 0 Å². The molecule has 0 fully saturated rings. The number of thioether (sulfide) groups is 1. The van der Waals surface area contributed by atoms with Crippen LogP contribution in [0.4, 0.5) is 0 Å². The third kappa shape index (κ3) is 4.33. The van der Waals surface area contributed by atoms with E-state index in [1.165, 1.54) is 0 Å². The normalized spacial score (nSPS) is 9.79. The van der Waals surface area contributed by atoms with Gasteiger partial charge in [-0.3, -0.25) is 4.79 Å². The molecule has 0 saturated carbocycles. The number of hydrogen-bond acceptors (Lipinski definition) is 2. The Morgan fingerprint density at radius 3 is 2.71 bits per heavy atom. The molecule has 0 aromatic heterocycles. The minimum absolute atomic E-state index is 0.112. The third-order valence-corrected chi connectivity index (χ3v) is 2.70. The monoisotopic (exact) mass is 209 g/mol. The zero-order valence-corrected chi connectivity index (χ0v) is 9.14. The summed E-state index contributed by atoms with van der Waals surface area (Å²) in [4.78, 5) is 12.4. The van der Waals surface area contributed by atoms with Crippen molar-refractivity contribution in [1.29, 1.82) is 0 Å². The molecule has 76 valence electrons. The Labute approximate surface area is 89.1 Å². The Hall–Kier alpha value is -0.960. The molecule has 3 heteroatoms. The zero-order valence-electron chi connectivity index (χ0n) is 8.32. The summed E-state index contributed by atoms with van der Waals surface area (Å²) in [5, 5.41) is 2.84. The first-order valence-corrected chi connectivity index (χ1v) is 5.76. The van der Waals surface area contributed by atoms with Gasteiger partial charge in [-0.2, -0.15) is 0 Å². The quantitative estimate of drug-likeness (QED) is 0.754. The first-order valence-electron chi connectivity index (χ1n) is 4.77. The Kier molecular flexibility index (Phi) is 5.15. The summed E-state index contributed by atoms with van der Waals surface area (Å²) in [5.41, 5.74) is 0. The van der Waals surface area contributed by atoms with E-state index in [-0.39, 0.29) is 5.91 Å². The molecule has 0 spiro atoms. The van der Waals surface area contributed by atoms with Gasteiger partial charge in [-0.1, -0.05) is 25.1 Å². The van der Waals surface area contributed by atoms with E-state index in [1.807, 2.05) is 37.3 Å². The lowest BCUT2D eigenvalue weighted by atomic mass is 10.4. The van der Waals surface area contributed by atoms with Crippen LogP contribution in [-0.2, 0) is 4.79 Å². The van der Waals surface area contributed by atoms with Gasteiger partial charge in [0.1, 0.15) is 0 Å². The molecule has 0 atom stereocenters. The van der Waals surface area contributed by atoms with Gasteiger partial charge in [0.05, 0.1) is 5.75 Å². The van der Waals surface area contributed by atoms with Gasteiger partial charge >= 0.3 is 0 Å². The van der Waals surface area contributed by atoms with Crippen molar-refractivity contribution in [3.63, 3.8) is 0 Å². The Morgan fingerprint density at radius 1 is 1.36 bits per heavy atom. The highest BCUT2D eigenvalue weighted by atomic mass is 32.2. The standard InChI is InChI=1S/C11H15NOS/c1-2-8-12-11(13)9-14-10-6-4-3-5-7-10/h3-7H,2,8-9H2,1H3,(H,12,13). The van der Waals surface area contributed by atoms with E-state index in [0.717, 1.165) is 17.9 Å². The predicted octanol–water partition coefficient (Wildman–Crippen LogP) is 2.30. The second-order valence-corrected chi connectivity index (χ2v) is 4.00. The van der Waals surface area contributed by atoms with E-state index < -0.39 is 0 Å². The molecule has 14 heavy (non-hydrogen) atoms. The maximum Gasteiger partial charge on any atom is 0.230 e. The van der Waals surface area contributed by atoms with E-state index in [2.05, 4.69) is 5.32 Å². The Bertz CT molecular complexity index is 274. The topological polar surface area (TPSA) is 29.1 Å². The second kappa shape index (κ2) is 6.49. The van der Waals surface area contributed by atoms with Crippen molar-refractivity contribution < 1.29 is 4.79 Å². The maximum absolute atomic E-state index is 11.2. The van der Waals surface area contributed by atoms with Crippen LogP contribution in [-0.4, -0.2) is 18.2 Å². The van der Waals surface area contributed by atoms with Gasteiger partial charge in [-0.15, -0.1) is 11.8 Å². The summed E-state index contributed by atoms with van der Waals surface area (Å²) in [6.45, 7) is 2.82. The summed E-state index contributed by atoms with van der Waals surface area (Å²) in [6, 6.07) is 9.95. The van der Waals surface area contributed by atoms with Gasteiger partial charge in [-0.25, -0.2) is 0 Å². The van der Waals surface area contributed by atoms with Crippen molar-refractivity contribution in [2.24, 2.45) is 0 Å². The minimum atomic E-state index is 0.112. The number of rotatable bonds is 5. The number of amides is 1. The lowest BCUT2D eigenvalue weighted by molar-refractivity contribution is -0.118. The second-order valence-electron chi connectivity index (χ2n) is 2.95. The molecular weight excluding hydrogens is 194 g/mol. The molecule has 1 N–H and O–H groups in total. The van der Waals surface area contributed by atoms with Crippen LogP contribution in [0.5, 0.6) is 0 Å². The molecule has 1 aromatic carbocycles. The van der Waals surface area contributed by atoms with Crippen molar-refractivity contribution in [1.82, 2.24) is 5.32 Å². The summed E-state index contributed by atoms with van der Waals surface area (Å²) < 4.78 is 0. The molecule has 0 aliphatic carbocycles. The van der Waals surface area contributed by atoms with Crippen LogP contribution in [0.1, 0.15) is 13.3 Å². The summed E-state index contributed by atoms with van der Waals surface area (Å²) in [7, 11) is 0. The predicted molar refractivity (Wildman–Crippen MR) is 60.5 cm³/mol. The molecule has 0 bridgehead atoms. The number of carbonyl (C=O) groups is 1. The van der Waals surface area contributed by atoms with Crippen LogP contribution < -0.4 is 5.32 Å². The largest absolute Gasteiger partial charge is 0.355 e. The number of benzene rings is 1. The summed E-state index contributed by atoms with van der Waals surface area (Å²) >= 11 is 1.57. The highest BCUT2D eigenvalue weighted by molar-refractivity contribution is 8.00. The SMILES string of the molecule is CCCNC(=O)CSc1ccccc1. The molecule has 1 amide bonds. The molecule has 0 aliphatic rings. The average Bonchev–Trinajstić information content (AvgIpc) is 2.25. The average molecular weight is 209 g/mol. The minimum Gasteiger partial charge on any atom is -0.355 e. The van der Waals surface area contributed by atoms with Crippen LogP contribution in [0.2, 0.25) is 0 Å². The molecule has 0 unspecified atom stereocenters. The van der Waals surface area contributed by atoms with E-state index in [1.54, 1.807) is 11.8 Å². The fourth-order valence-electron chi connectivity index (χ4n) is 0.981. The molecule has 1 rings (SSSR count).